The van der Waals surface area contributed by atoms with E-state index >= 15 is 0 Å². The molecule has 0 amide bonds. The van der Waals surface area contributed by atoms with Gasteiger partial charge in [-0.1, -0.05) is 12.8 Å². The Morgan fingerprint density at radius 3 is 3.00 bits per heavy atom. The van der Waals surface area contributed by atoms with Gasteiger partial charge in [-0.2, -0.15) is 0 Å². The van der Waals surface area contributed by atoms with Crippen LogP contribution in [0.1, 0.15) is 30.6 Å². The first-order valence-corrected chi connectivity index (χ1v) is 6.95. The van der Waals surface area contributed by atoms with Gasteiger partial charge in [0.15, 0.2) is 0 Å². The van der Waals surface area contributed by atoms with Crippen LogP contribution in [-0.4, -0.2) is 6.54 Å². The van der Waals surface area contributed by atoms with E-state index in [-0.39, 0.29) is 0 Å². The molecule has 0 saturated heterocycles. The van der Waals surface area contributed by atoms with Crippen LogP contribution in [0.2, 0.25) is 0 Å². The molecule has 0 aliphatic heterocycles. The van der Waals surface area contributed by atoms with Crippen LogP contribution in [0, 0.1) is 5.92 Å². The monoisotopic (exact) mass is 273 g/mol. The topological polar surface area (TPSA) is 12.0 Å². The summed E-state index contributed by atoms with van der Waals surface area (Å²) in [7, 11) is 0. The maximum Gasteiger partial charge on any atom is 0.0300 e. The average Bonchev–Trinajstić information content (AvgIpc) is 2.89. The van der Waals surface area contributed by atoms with Crippen molar-refractivity contribution in [3.8, 4) is 0 Å². The highest BCUT2D eigenvalue weighted by atomic mass is 79.9. The van der Waals surface area contributed by atoms with Crippen molar-refractivity contribution in [1.82, 2.24) is 5.32 Å². The molecule has 0 spiro atoms. The summed E-state index contributed by atoms with van der Waals surface area (Å²) in [5.41, 5.74) is 0. The fraction of sp³-hybridized carbons (Fsp3) is 0.636. The van der Waals surface area contributed by atoms with Crippen LogP contribution in [-0.2, 0) is 6.54 Å². The lowest BCUT2D eigenvalue weighted by molar-refractivity contribution is 0.596. The van der Waals surface area contributed by atoms with Gasteiger partial charge in [-0.25, -0.2) is 0 Å². The second-order valence-electron chi connectivity index (χ2n) is 3.99. The molecule has 1 heterocycles. The van der Waals surface area contributed by atoms with E-state index in [1.165, 1.54) is 41.6 Å². The molecule has 78 valence electrons. The quantitative estimate of drug-likeness (QED) is 0.778. The molecular formula is C11H16BrNS. The minimum Gasteiger partial charge on any atom is -0.312 e. The smallest absolute Gasteiger partial charge is 0.0300 e. The largest absolute Gasteiger partial charge is 0.312 e. The van der Waals surface area contributed by atoms with Crippen LogP contribution in [0.15, 0.2) is 15.9 Å². The summed E-state index contributed by atoms with van der Waals surface area (Å²) in [6.07, 6.45) is 5.74. The van der Waals surface area contributed by atoms with Crippen molar-refractivity contribution in [1.29, 1.82) is 0 Å². The highest BCUT2D eigenvalue weighted by molar-refractivity contribution is 9.10. The maximum absolute atomic E-state index is 3.49. The van der Waals surface area contributed by atoms with E-state index in [0.29, 0.717) is 0 Å². The van der Waals surface area contributed by atoms with Gasteiger partial charge in [0.2, 0.25) is 0 Å². The van der Waals surface area contributed by atoms with Crippen molar-refractivity contribution < 1.29 is 0 Å². The first kappa shape index (κ1) is 10.7. The molecule has 2 rings (SSSR count). The van der Waals surface area contributed by atoms with E-state index in [0.717, 1.165) is 12.5 Å². The lowest BCUT2D eigenvalue weighted by Crippen LogP contribution is -2.13. The minimum atomic E-state index is 1.03. The molecule has 3 heteroatoms. The molecule has 0 bridgehead atoms. The van der Waals surface area contributed by atoms with Gasteiger partial charge in [-0.05, 0) is 47.3 Å². The fourth-order valence-corrected chi connectivity index (χ4v) is 3.00. The SMILES string of the molecule is Brc1csc(CNCCCC2CC2)c1. The standard InChI is InChI=1S/C11H16BrNS/c12-10-6-11(14-8-10)7-13-5-1-2-9-3-4-9/h6,8-9,13H,1-5,7H2. The molecule has 1 aromatic rings. The number of thiophene rings is 1. The molecule has 1 aliphatic rings. The second-order valence-corrected chi connectivity index (χ2v) is 5.91. The first-order valence-electron chi connectivity index (χ1n) is 5.28. The lowest BCUT2D eigenvalue weighted by atomic mass is 10.2. The summed E-state index contributed by atoms with van der Waals surface area (Å²) in [4.78, 5) is 1.42. The normalized spacial score (nSPS) is 16.1. The first-order chi connectivity index (χ1) is 6.84. The zero-order valence-corrected chi connectivity index (χ0v) is 10.7. The third-order valence-electron chi connectivity index (χ3n) is 2.58. The Morgan fingerprint density at radius 2 is 2.36 bits per heavy atom. The molecule has 1 N–H and O–H groups in total. The molecule has 0 atom stereocenters. The van der Waals surface area contributed by atoms with Gasteiger partial charge in [-0.15, -0.1) is 11.3 Å². The zero-order valence-electron chi connectivity index (χ0n) is 8.26. The summed E-state index contributed by atoms with van der Waals surface area (Å²) < 4.78 is 1.21. The molecule has 14 heavy (non-hydrogen) atoms. The predicted molar refractivity (Wildman–Crippen MR) is 65.7 cm³/mol. The lowest BCUT2D eigenvalue weighted by Gasteiger charge is -2.01. The molecule has 1 nitrogen and oxygen atoms in total. The second kappa shape index (κ2) is 5.29. The van der Waals surface area contributed by atoms with Gasteiger partial charge in [0.25, 0.3) is 0 Å². The van der Waals surface area contributed by atoms with Crippen molar-refractivity contribution in [2.45, 2.75) is 32.2 Å². The Bertz CT molecular complexity index is 281. The van der Waals surface area contributed by atoms with Gasteiger partial charge in [-0.3, -0.25) is 0 Å². The number of halogens is 1. The van der Waals surface area contributed by atoms with Gasteiger partial charge in [0.05, 0.1) is 0 Å². The third kappa shape index (κ3) is 3.71. The average molecular weight is 274 g/mol. The Morgan fingerprint density at radius 1 is 1.50 bits per heavy atom. The van der Waals surface area contributed by atoms with E-state index in [2.05, 4.69) is 32.7 Å². The van der Waals surface area contributed by atoms with Crippen molar-refractivity contribution in [2.75, 3.05) is 6.54 Å². The number of nitrogens with one attached hydrogen (secondary N) is 1. The zero-order chi connectivity index (χ0) is 9.80. The summed E-state index contributed by atoms with van der Waals surface area (Å²) in [6.45, 7) is 2.20. The van der Waals surface area contributed by atoms with Gasteiger partial charge < -0.3 is 5.32 Å². The summed E-state index contributed by atoms with van der Waals surface area (Å²) in [5.74, 6) is 1.08. The van der Waals surface area contributed by atoms with Crippen molar-refractivity contribution in [3.05, 3.63) is 20.8 Å². The van der Waals surface area contributed by atoms with Crippen LogP contribution in [0.4, 0.5) is 0 Å². The Balaban J connectivity index is 1.53. The van der Waals surface area contributed by atoms with Crippen LogP contribution < -0.4 is 5.32 Å². The van der Waals surface area contributed by atoms with E-state index in [1.807, 2.05) is 11.3 Å². The Kier molecular flexibility index (Phi) is 4.02. The van der Waals surface area contributed by atoms with Crippen LogP contribution in [0.3, 0.4) is 0 Å². The maximum atomic E-state index is 3.49. The van der Waals surface area contributed by atoms with Crippen molar-refractivity contribution >= 4 is 27.3 Å². The van der Waals surface area contributed by atoms with E-state index < -0.39 is 0 Å². The van der Waals surface area contributed by atoms with E-state index in [1.54, 1.807) is 0 Å². The van der Waals surface area contributed by atoms with Gasteiger partial charge in [0.1, 0.15) is 0 Å². The number of hydrogen-bond acceptors (Lipinski definition) is 2. The Hall–Kier alpha value is 0.140. The molecule has 0 aromatic carbocycles. The highest BCUT2D eigenvalue weighted by Gasteiger charge is 2.19. The van der Waals surface area contributed by atoms with Gasteiger partial charge in [0, 0.05) is 21.3 Å². The number of rotatable bonds is 6. The number of hydrogen-bond donors (Lipinski definition) is 1. The summed E-state index contributed by atoms with van der Waals surface area (Å²) in [5, 5.41) is 5.63. The van der Waals surface area contributed by atoms with Crippen LogP contribution in [0.25, 0.3) is 0 Å². The third-order valence-corrected chi connectivity index (χ3v) is 4.28. The molecule has 0 unspecified atom stereocenters. The fourth-order valence-electron chi connectivity index (χ4n) is 1.58. The van der Waals surface area contributed by atoms with E-state index in [9.17, 15) is 0 Å². The summed E-state index contributed by atoms with van der Waals surface area (Å²) >= 11 is 5.28. The van der Waals surface area contributed by atoms with Crippen molar-refractivity contribution in [2.24, 2.45) is 5.92 Å². The molecule has 1 fully saturated rings. The summed E-state index contributed by atoms with van der Waals surface area (Å²) in [6, 6.07) is 2.19. The van der Waals surface area contributed by atoms with Gasteiger partial charge >= 0.3 is 0 Å². The molecule has 1 aliphatic carbocycles. The molecule has 1 aromatic heterocycles. The predicted octanol–water partition coefficient (Wildman–Crippen LogP) is 3.79. The molecule has 1 saturated carbocycles. The molecule has 0 radical (unpaired) electrons. The van der Waals surface area contributed by atoms with Crippen molar-refractivity contribution in [3.63, 3.8) is 0 Å². The minimum absolute atomic E-state index is 1.03. The van der Waals surface area contributed by atoms with Crippen LogP contribution in [0.5, 0.6) is 0 Å². The van der Waals surface area contributed by atoms with Crippen LogP contribution >= 0.6 is 27.3 Å². The molecular weight excluding hydrogens is 258 g/mol. The van der Waals surface area contributed by atoms with E-state index in [4.69, 9.17) is 0 Å². The Labute approximate surface area is 98.0 Å². The highest BCUT2D eigenvalue weighted by Crippen LogP contribution is 2.33.